The Morgan fingerprint density at radius 1 is 0.406 bits per heavy atom. The summed E-state index contributed by atoms with van der Waals surface area (Å²) in [5, 5.41) is 4.80. The Balaban J connectivity index is 1.14. The summed E-state index contributed by atoms with van der Waals surface area (Å²) in [4.78, 5) is 7.36. The van der Waals surface area contributed by atoms with E-state index in [1.807, 2.05) is 22.7 Å². The van der Waals surface area contributed by atoms with E-state index >= 15 is 0 Å². The molecule has 0 saturated carbocycles. The molecule has 2 aliphatic rings. The molecule has 2 aliphatic heterocycles. The Morgan fingerprint density at radius 3 is 1.26 bits per heavy atom. The van der Waals surface area contributed by atoms with Crippen LogP contribution in [0, 0.1) is 0 Å². The van der Waals surface area contributed by atoms with Gasteiger partial charge in [-0.05, 0) is 145 Å². The maximum atomic E-state index is 7.37. The van der Waals surface area contributed by atoms with Crippen molar-refractivity contribution in [1.29, 1.82) is 0 Å². The molecule has 0 radical (unpaired) electrons. The van der Waals surface area contributed by atoms with Gasteiger partial charge in [0.2, 0.25) is 11.8 Å². The van der Waals surface area contributed by atoms with Crippen LogP contribution in [0.25, 0.3) is 63.0 Å². The molecule has 0 N–H and O–H groups in total. The first-order chi connectivity index (χ1) is 33.1. The maximum Gasteiger partial charge on any atom is 0.262 e. The molecule has 0 amide bonds. The largest absolute Gasteiger partial charge is 0.440 e. The van der Waals surface area contributed by atoms with Gasteiger partial charge in [0, 0.05) is 63.6 Å². The Hall–Kier alpha value is -6.80. The van der Waals surface area contributed by atoms with Crippen molar-refractivity contribution >= 4 is 122 Å². The molecule has 7 aromatic carbocycles. The summed E-state index contributed by atoms with van der Waals surface area (Å²) in [6.07, 6.45) is 0. The second-order valence-electron chi connectivity index (χ2n) is 22.2. The van der Waals surface area contributed by atoms with Gasteiger partial charge in [0.15, 0.2) is 0 Å². The molecule has 69 heavy (non-hydrogen) atoms. The van der Waals surface area contributed by atoms with Crippen LogP contribution in [0.15, 0.2) is 167 Å². The molecule has 0 bridgehead atoms. The van der Waals surface area contributed by atoms with Crippen molar-refractivity contribution in [2.45, 2.75) is 78.6 Å². The van der Waals surface area contributed by atoms with Crippen molar-refractivity contribution in [2.75, 3.05) is 9.80 Å². The van der Waals surface area contributed by atoms with E-state index in [1.54, 1.807) is 0 Å². The summed E-state index contributed by atoms with van der Waals surface area (Å²) in [6, 6.07) is 58.8. The van der Waals surface area contributed by atoms with Crippen LogP contribution >= 0.6 is 22.7 Å². The average molecular weight is 933 g/mol. The Morgan fingerprint density at radius 2 is 0.841 bits per heavy atom. The number of fused-ring (bicyclic) bond motifs is 10. The molecule has 6 heterocycles. The fraction of sp³-hybridized carbons (Fsp3) is 0.194. The van der Waals surface area contributed by atoms with Gasteiger partial charge in [-0.25, -0.2) is 0 Å². The fourth-order valence-electron chi connectivity index (χ4n) is 10.8. The van der Waals surface area contributed by atoms with Crippen molar-refractivity contribution in [3.05, 3.63) is 174 Å². The number of benzene rings is 7. The molecule has 0 fully saturated rings. The highest BCUT2D eigenvalue weighted by Gasteiger charge is 2.49. The standard InChI is InChI=1S/C62H53BN2O2S2/c1-60(2,3)40-24-26-49-45(32-40)55-58(66-49)64(43-20-14-18-36(28-43)53-30-38-16-10-12-22-51(38)68-53)47-34-42(62(7,8)9)35-48-57(47)63(55)56-46-33-41(61(4,5)6)25-27-50(46)67-59(56)65(48)44-21-15-19-37(29-44)54-31-39-17-11-13-23-52(39)69-54/h10-35H,1-9H3. The van der Waals surface area contributed by atoms with Gasteiger partial charge in [-0.15, -0.1) is 22.7 Å². The highest BCUT2D eigenvalue weighted by atomic mass is 32.1. The van der Waals surface area contributed by atoms with E-state index in [4.69, 9.17) is 8.83 Å². The first-order valence-corrected chi connectivity index (χ1v) is 25.8. The van der Waals surface area contributed by atoms with Gasteiger partial charge >= 0.3 is 0 Å². The van der Waals surface area contributed by atoms with E-state index in [-0.39, 0.29) is 23.0 Å². The van der Waals surface area contributed by atoms with Gasteiger partial charge in [0.1, 0.15) is 11.2 Å². The molecule has 0 saturated heterocycles. The lowest BCUT2D eigenvalue weighted by Crippen LogP contribution is -2.61. The number of furan rings is 2. The molecular formula is C62H53BN2O2S2. The molecule has 4 aromatic heterocycles. The van der Waals surface area contributed by atoms with Crippen molar-refractivity contribution in [3.8, 4) is 20.9 Å². The number of anilines is 6. The van der Waals surface area contributed by atoms with Gasteiger partial charge in [-0.2, -0.15) is 0 Å². The second-order valence-corrected chi connectivity index (χ2v) is 24.4. The van der Waals surface area contributed by atoms with Gasteiger partial charge in [0.25, 0.3) is 6.71 Å². The van der Waals surface area contributed by atoms with Crippen LogP contribution in [-0.4, -0.2) is 6.71 Å². The van der Waals surface area contributed by atoms with Crippen LogP contribution in [0.5, 0.6) is 0 Å². The van der Waals surface area contributed by atoms with Crippen molar-refractivity contribution < 1.29 is 8.83 Å². The second kappa shape index (κ2) is 14.9. The van der Waals surface area contributed by atoms with Crippen LogP contribution < -0.4 is 26.2 Å². The normalized spacial score (nSPS) is 13.8. The zero-order valence-electron chi connectivity index (χ0n) is 40.6. The third-order valence-corrected chi connectivity index (χ3v) is 16.9. The van der Waals surface area contributed by atoms with E-state index in [1.165, 1.54) is 74.1 Å². The minimum Gasteiger partial charge on any atom is -0.440 e. The van der Waals surface area contributed by atoms with Gasteiger partial charge in [-0.1, -0.05) is 135 Å². The summed E-state index contributed by atoms with van der Waals surface area (Å²) in [5.74, 6) is 1.71. The lowest BCUT2D eigenvalue weighted by molar-refractivity contribution is 0.588. The van der Waals surface area contributed by atoms with Crippen LogP contribution in [0.1, 0.15) is 79.0 Å². The smallest absolute Gasteiger partial charge is 0.262 e. The quantitative estimate of drug-likeness (QED) is 0.165. The molecular weight excluding hydrogens is 880 g/mol. The molecule has 0 aliphatic carbocycles. The lowest BCUT2D eigenvalue weighted by atomic mass is 9.33. The third-order valence-electron chi connectivity index (χ3n) is 14.5. The zero-order chi connectivity index (χ0) is 47.3. The Bertz CT molecular complexity index is 3590. The molecule has 0 spiro atoms. The number of hydrogen-bond acceptors (Lipinski definition) is 6. The molecule has 7 heteroatoms. The molecule has 0 unspecified atom stereocenters. The molecule has 13 rings (SSSR count). The monoisotopic (exact) mass is 932 g/mol. The van der Waals surface area contributed by atoms with E-state index < -0.39 is 0 Å². The summed E-state index contributed by atoms with van der Waals surface area (Å²) in [5.41, 5.74) is 15.5. The molecule has 11 aromatic rings. The number of nitrogens with zero attached hydrogens (tertiary/aromatic N) is 2. The van der Waals surface area contributed by atoms with Crippen LogP contribution in [0.3, 0.4) is 0 Å². The fourth-order valence-corrected chi connectivity index (χ4v) is 12.9. The predicted molar refractivity (Wildman–Crippen MR) is 298 cm³/mol. The topological polar surface area (TPSA) is 32.8 Å². The van der Waals surface area contributed by atoms with Crippen molar-refractivity contribution in [1.82, 2.24) is 0 Å². The van der Waals surface area contributed by atoms with Gasteiger partial charge in [0.05, 0.1) is 0 Å². The summed E-state index contributed by atoms with van der Waals surface area (Å²) in [6.45, 7) is 20.6. The Labute approximate surface area is 412 Å². The van der Waals surface area contributed by atoms with Crippen molar-refractivity contribution in [2.24, 2.45) is 0 Å². The number of thiophene rings is 2. The van der Waals surface area contributed by atoms with E-state index in [2.05, 4.69) is 230 Å². The average Bonchev–Trinajstić information content (AvgIpc) is 4.13. The molecule has 0 atom stereocenters. The third kappa shape index (κ3) is 6.68. The predicted octanol–water partition coefficient (Wildman–Crippen LogP) is 16.9. The number of rotatable bonds is 4. The highest BCUT2D eigenvalue weighted by molar-refractivity contribution is 7.22. The van der Waals surface area contributed by atoms with Gasteiger partial charge in [-0.3, -0.25) is 9.80 Å². The number of hydrogen-bond donors (Lipinski definition) is 0. The maximum absolute atomic E-state index is 7.37. The van der Waals surface area contributed by atoms with E-state index in [0.717, 1.165) is 56.5 Å². The minimum atomic E-state index is -0.203. The van der Waals surface area contributed by atoms with Gasteiger partial charge < -0.3 is 8.83 Å². The molecule has 338 valence electrons. The highest BCUT2D eigenvalue weighted by Crippen LogP contribution is 2.50. The minimum absolute atomic E-state index is 0.0755. The van der Waals surface area contributed by atoms with Crippen LogP contribution in [0.4, 0.5) is 34.5 Å². The first-order valence-electron chi connectivity index (χ1n) is 24.2. The molecule has 4 nitrogen and oxygen atoms in total. The lowest BCUT2D eigenvalue weighted by Gasteiger charge is -2.41. The van der Waals surface area contributed by atoms with E-state index in [9.17, 15) is 0 Å². The van der Waals surface area contributed by atoms with Crippen LogP contribution in [-0.2, 0) is 16.2 Å². The van der Waals surface area contributed by atoms with Crippen LogP contribution in [0.2, 0.25) is 0 Å². The summed E-state index contributed by atoms with van der Waals surface area (Å²) >= 11 is 3.69. The zero-order valence-corrected chi connectivity index (χ0v) is 42.2. The SMILES string of the molecule is CC(C)(C)c1cc2c3c(c1)N(c1cccc(-c4cc5ccccc5s4)c1)c1oc4ccc(C(C)(C)C)cc4c1B3c1c(oc3ccc(C(C)(C)C)cc13)N2c1cccc(-c2cc3ccccc3s2)c1. The van der Waals surface area contributed by atoms with Crippen molar-refractivity contribution in [3.63, 3.8) is 0 Å². The summed E-state index contributed by atoms with van der Waals surface area (Å²) < 4.78 is 17.3. The Kier molecular flexibility index (Phi) is 9.11. The first kappa shape index (κ1) is 42.3. The van der Waals surface area contributed by atoms with E-state index in [0.29, 0.717) is 0 Å². The summed E-state index contributed by atoms with van der Waals surface area (Å²) in [7, 11) is 0.